The van der Waals surface area contributed by atoms with Gasteiger partial charge in [0.1, 0.15) is 0 Å². The summed E-state index contributed by atoms with van der Waals surface area (Å²) < 4.78 is 0. The van der Waals surface area contributed by atoms with Crippen molar-refractivity contribution >= 4 is 23.2 Å². The van der Waals surface area contributed by atoms with Crippen LogP contribution in [0.15, 0.2) is 6.07 Å². The maximum absolute atomic E-state index is 12.0. The van der Waals surface area contributed by atoms with E-state index in [-0.39, 0.29) is 11.9 Å². The summed E-state index contributed by atoms with van der Waals surface area (Å²) >= 11 is 1.66. The highest BCUT2D eigenvalue weighted by molar-refractivity contribution is 7.12. The molecule has 2 heterocycles. The van der Waals surface area contributed by atoms with Gasteiger partial charge in [0.25, 0.3) is 0 Å². The summed E-state index contributed by atoms with van der Waals surface area (Å²) in [6.07, 6.45) is 1.65. The van der Waals surface area contributed by atoms with Crippen molar-refractivity contribution in [2.45, 2.75) is 39.2 Å². The molecule has 5 heteroatoms. The van der Waals surface area contributed by atoms with Gasteiger partial charge in [0.15, 0.2) is 0 Å². The number of rotatable bonds is 2. The molecule has 104 valence electrons. The number of hydrogen-bond acceptors (Lipinski definition) is 3. The van der Waals surface area contributed by atoms with Gasteiger partial charge in [-0.2, -0.15) is 0 Å². The average Bonchev–Trinajstić information content (AvgIpc) is 2.57. The topological polar surface area (TPSA) is 57.6 Å². The number of nitrogens with zero attached hydrogens (tertiary/aromatic N) is 1. The second kappa shape index (κ2) is 5.33. The fourth-order valence-electron chi connectivity index (χ4n) is 2.86. The number of aryl methyl sites for hydroxylation is 2. The van der Waals surface area contributed by atoms with Crippen molar-refractivity contribution in [1.29, 1.82) is 0 Å². The first kappa shape index (κ1) is 14.1. The average molecular weight is 281 g/mol. The van der Waals surface area contributed by atoms with Crippen LogP contribution in [0.2, 0.25) is 0 Å². The Morgan fingerprint density at radius 1 is 1.47 bits per heavy atom. The van der Waals surface area contributed by atoms with Gasteiger partial charge in [0, 0.05) is 23.2 Å². The van der Waals surface area contributed by atoms with Gasteiger partial charge in [0.2, 0.25) is 5.91 Å². The fraction of sp³-hybridized carbons (Fsp3) is 0.571. The molecule has 0 bridgehead atoms. The van der Waals surface area contributed by atoms with Crippen LogP contribution in [0.25, 0.3) is 0 Å². The summed E-state index contributed by atoms with van der Waals surface area (Å²) in [5.74, 6) is -1.28. The fourth-order valence-corrected chi connectivity index (χ4v) is 3.83. The van der Waals surface area contributed by atoms with Crippen LogP contribution >= 0.6 is 11.3 Å². The largest absolute Gasteiger partial charge is 0.481 e. The van der Waals surface area contributed by atoms with E-state index >= 15 is 0 Å². The highest BCUT2D eigenvalue weighted by Gasteiger charge is 2.37. The normalized spacial score (nSPS) is 24.4. The minimum absolute atomic E-state index is 0.0389. The molecule has 1 saturated heterocycles. The first-order valence-corrected chi connectivity index (χ1v) is 7.29. The molecule has 1 N–H and O–H groups in total. The van der Waals surface area contributed by atoms with Crippen LogP contribution < -0.4 is 0 Å². The number of hydrogen-bond donors (Lipinski definition) is 1. The lowest BCUT2D eigenvalue weighted by Crippen LogP contribution is -2.36. The summed E-state index contributed by atoms with van der Waals surface area (Å²) in [5, 5.41) is 9.46. The summed E-state index contributed by atoms with van der Waals surface area (Å²) in [5.41, 5.74) is 0.993. The Hall–Kier alpha value is -1.36. The predicted molar refractivity (Wildman–Crippen MR) is 74.3 cm³/mol. The van der Waals surface area contributed by atoms with Crippen molar-refractivity contribution in [2.24, 2.45) is 5.92 Å². The second-order valence-corrected chi connectivity index (χ2v) is 6.62. The molecular weight excluding hydrogens is 262 g/mol. The molecule has 1 fully saturated rings. The van der Waals surface area contributed by atoms with Gasteiger partial charge < -0.3 is 10.0 Å². The highest BCUT2D eigenvalue weighted by atomic mass is 32.1. The first-order valence-electron chi connectivity index (χ1n) is 6.47. The zero-order valence-electron chi connectivity index (χ0n) is 11.5. The lowest BCUT2D eigenvalue weighted by Gasteiger charge is -2.30. The van der Waals surface area contributed by atoms with Crippen LogP contribution in [0.1, 0.15) is 40.6 Å². The van der Waals surface area contributed by atoms with Crippen molar-refractivity contribution < 1.29 is 14.7 Å². The molecular formula is C14H19NO3S. The molecule has 1 aliphatic rings. The van der Waals surface area contributed by atoms with Gasteiger partial charge in [-0.05, 0) is 38.3 Å². The highest BCUT2D eigenvalue weighted by Crippen LogP contribution is 2.39. The molecule has 2 atom stereocenters. The molecule has 0 spiro atoms. The Labute approximate surface area is 117 Å². The Morgan fingerprint density at radius 2 is 2.16 bits per heavy atom. The standard InChI is InChI=1S/C14H19NO3S/c1-8-7-11(9(2)19-8)13-10(14(17)18)5-4-6-12(16)15(13)3/h7,10,13H,4-6H2,1-3H3,(H,17,18). The third-order valence-electron chi connectivity index (χ3n) is 3.81. The minimum Gasteiger partial charge on any atom is -0.481 e. The second-order valence-electron chi connectivity index (χ2n) is 5.16. The van der Waals surface area contributed by atoms with Gasteiger partial charge >= 0.3 is 5.97 Å². The van der Waals surface area contributed by atoms with Crippen LogP contribution in [-0.2, 0) is 9.59 Å². The van der Waals surface area contributed by atoms with E-state index in [9.17, 15) is 14.7 Å². The Balaban J connectivity index is 2.47. The molecule has 1 aliphatic heterocycles. The third-order valence-corrected chi connectivity index (χ3v) is 4.79. The zero-order chi connectivity index (χ0) is 14.2. The maximum atomic E-state index is 12.0. The van der Waals surface area contributed by atoms with E-state index in [2.05, 4.69) is 0 Å². The molecule has 2 unspecified atom stereocenters. The maximum Gasteiger partial charge on any atom is 0.308 e. The number of likely N-dealkylation sites (tertiary alicyclic amines) is 1. The predicted octanol–water partition coefficient (Wildman–Crippen LogP) is 2.75. The number of aliphatic carboxylic acids is 1. The van der Waals surface area contributed by atoms with Crippen molar-refractivity contribution in [2.75, 3.05) is 7.05 Å². The number of carbonyl (C=O) groups is 2. The molecule has 0 aliphatic carbocycles. The van der Waals surface area contributed by atoms with E-state index in [0.29, 0.717) is 19.3 Å². The van der Waals surface area contributed by atoms with E-state index in [4.69, 9.17) is 0 Å². The smallest absolute Gasteiger partial charge is 0.308 e. The van der Waals surface area contributed by atoms with Gasteiger partial charge in [0.05, 0.1) is 12.0 Å². The summed E-state index contributed by atoms with van der Waals surface area (Å²) in [6, 6.07) is 1.69. The number of thiophene rings is 1. The Kier molecular flexibility index (Phi) is 3.94. The van der Waals surface area contributed by atoms with Crippen molar-refractivity contribution in [3.05, 3.63) is 21.4 Å². The molecule has 19 heavy (non-hydrogen) atoms. The molecule has 0 aromatic carbocycles. The van der Waals surface area contributed by atoms with E-state index in [1.54, 1.807) is 23.3 Å². The monoisotopic (exact) mass is 281 g/mol. The van der Waals surface area contributed by atoms with Gasteiger partial charge in [-0.1, -0.05) is 0 Å². The SMILES string of the molecule is Cc1cc(C2C(C(=O)O)CCCC(=O)N2C)c(C)s1. The molecule has 1 aromatic heterocycles. The van der Waals surface area contributed by atoms with Crippen molar-refractivity contribution in [3.8, 4) is 0 Å². The van der Waals surface area contributed by atoms with E-state index in [1.807, 2.05) is 19.9 Å². The van der Waals surface area contributed by atoms with Gasteiger partial charge in [-0.3, -0.25) is 9.59 Å². The molecule has 1 amide bonds. The third kappa shape index (κ3) is 2.66. The lowest BCUT2D eigenvalue weighted by molar-refractivity contribution is -0.145. The van der Waals surface area contributed by atoms with Crippen LogP contribution in [0.5, 0.6) is 0 Å². The number of carboxylic acids is 1. The van der Waals surface area contributed by atoms with Gasteiger partial charge in [-0.15, -0.1) is 11.3 Å². The van der Waals surface area contributed by atoms with E-state index in [1.165, 1.54) is 0 Å². The minimum atomic E-state index is -0.810. The first-order chi connectivity index (χ1) is 8.91. The number of carbonyl (C=O) groups excluding carboxylic acids is 1. The van der Waals surface area contributed by atoms with Crippen molar-refractivity contribution in [3.63, 3.8) is 0 Å². The van der Waals surface area contributed by atoms with E-state index < -0.39 is 11.9 Å². The lowest BCUT2D eigenvalue weighted by atomic mass is 9.89. The summed E-state index contributed by atoms with van der Waals surface area (Å²) in [6.45, 7) is 4.00. The van der Waals surface area contributed by atoms with Crippen LogP contribution in [0.4, 0.5) is 0 Å². The molecule has 0 radical (unpaired) electrons. The molecule has 2 rings (SSSR count). The van der Waals surface area contributed by atoms with Gasteiger partial charge in [-0.25, -0.2) is 0 Å². The van der Waals surface area contributed by atoms with Crippen molar-refractivity contribution in [1.82, 2.24) is 4.90 Å². The molecule has 4 nitrogen and oxygen atoms in total. The number of carboxylic acid groups (broad SMARTS) is 1. The Morgan fingerprint density at radius 3 is 2.68 bits per heavy atom. The van der Waals surface area contributed by atoms with Crippen LogP contribution in [0.3, 0.4) is 0 Å². The molecule has 1 aromatic rings. The zero-order valence-corrected chi connectivity index (χ0v) is 12.3. The quantitative estimate of drug-likeness (QED) is 0.906. The summed E-state index contributed by atoms with van der Waals surface area (Å²) in [7, 11) is 1.72. The Bertz CT molecular complexity index is 509. The summed E-state index contributed by atoms with van der Waals surface area (Å²) in [4.78, 5) is 27.4. The van der Waals surface area contributed by atoms with E-state index in [0.717, 1.165) is 15.3 Å². The van der Waals surface area contributed by atoms with Crippen LogP contribution in [-0.4, -0.2) is 28.9 Å². The van der Waals surface area contributed by atoms with Crippen LogP contribution in [0, 0.1) is 19.8 Å². The number of amides is 1. The molecule has 0 saturated carbocycles.